The molecule has 2 aliphatic heterocycles. The van der Waals surface area contributed by atoms with Crippen LogP contribution in [0.2, 0.25) is 0 Å². The van der Waals surface area contributed by atoms with Gasteiger partial charge in [-0.25, -0.2) is 4.79 Å². The first kappa shape index (κ1) is 18.1. The van der Waals surface area contributed by atoms with Crippen molar-refractivity contribution >= 4 is 41.1 Å². The van der Waals surface area contributed by atoms with Crippen LogP contribution in [0.25, 0.3) is 0 Å². The van der Waals surface area contributed by atoms with Gasteiger partial charge in [0, 0.05) is 4.75 Å². The highest BCUT2D eigenvalue weighted by atomic mass is 35.5. The van der Waals surface area contributed by atoms with Crippen molar-refractivity contribution < 1.29 is 19.1 Å². The Morgan fingerprint density at radius 3 is 2.64 bits per heavy atom. The Hall–Kier alpha value is -1.73. The SMILES string of the molecule is CC1(C)S[C@@H]2C(NC(=O)Cc3ccccc3)C(=O)N2[C@H]1C(=O)OCCl. The van der Waals surface area contributed by atoms with E-state index in [0.717, 1.165) is 5.56 Å². The zero-order chi connectivity index (χ0) is 18.2. The van der Waals surface area contributed by atoms with E-state index in [1.165, 1.54) is 16.7 Å². The van der Waals surface area contributed by atoms with Crippen LogP contribution in [0.4, 0.5) is 0 Å². The number of β-lactam (4-membered cyclic amide) rings is 1. The van der Waals surface area contributed by atoms with Crippen LogP contribution in [0.5, 0.6) is 0 Å². The second-order valence-corrected chi connectivity index (χ2v) is 8.53. The van der Waals surface area contributed by atoms with Crippen LogP contribution in [0.3, 0.4) is 0 Å². The highest BCUT2D eigenvalue weighted by molar-refractivity contribution is 8.01. The lowest BCUT2D eigenvalue weighted by molar-refractivity contribution is -0.163. The van der Waals surface area contributed by atoms with Gasteiger partial charge in [0.1, 0.15) is 17.5 Å². The van der Waals surface area contributed by atoms with Gasteiger partial charge in [-0.15, -0.1) is 11.8 Å². The second-order valence-electron chi connectivity index (χ2n) is 6.54. The summed E-state index contributed by atoms with van der Waals surface area (Å²) in [6.07, 6.45) is 0.211. The van der Waals surface area contributed by atoms with E-state index in [2.05, 4.69) is 5.32 Å². The minimum atomic E-state index is -0.698. The molecule has 1 aromatic carbocycles. The number of halogens is 1. The lowest BCUT2D eigenvalue weighted by Crippen LogP contribution is -2.70. The van der Waals surface area contributed by atoms with Gasteiger partial charge >= 0.3 is 5.97 Å². The summed E-state index contributed by atoms with van der Waals surface area (Å²) >= 11 is 6.96. The van der Waals surface area contributed by atoms with Crippen molar-refractivity contribution in [2.75, 3.05) is 6.07 Å². The summed E-state index contributed by atoms with van der Waals surface area (Å²) in [5.74, 6) is -0.993. The smallest absolute Gasteiger partial charge is 0.331 e. The zero-order valence-electron chi connectivity index (χ0n) is 13.9. The number of amides is 2. The summed E-state index contributed by atoms with van der Waals surface area (Å²) in [5.41, 5.74) is 0.881. The first-order valence-electron chi connectivity index (χ1n) is 7.91. The van der Waals surface area contributed by atoms with Gasteiger partial charge in [0.05, 0.1) is 6.42 Å². The number of fused-ring (bicyclic) bond motifs is 1. The van der Waals surface area contributed by atoms with Crippen molar-refractivity contribution in [2.24, 2.45) is 0 Å². The molecular weight excluding hydrogens is 364 g/mol. The van der Waals surface area contributed by atoms with Crippen LogP contribution in [-0.2, 0) is 25.5 Å². The average molecular weight is 383 g/mol. The van der Waals surface area contributed by atoms with E-state index in [1.807, 2.05) is 44.2 Å². The van der Waals surface area contributed by atoms with E-state index < -0.39 is 22.8 Å². The maximum Gasteiger partial charge on any atom is 0.331 e. The molecule has 25 heavy (non-hydrogen) atoms. The molecule has 0 bridgehead atoms. The van der Waals surface area contributed by atoms with E-state index >= 15 is 0 Å². The fourth-order valence-electron chi connectivity index (χ4n) is 3.26. The number of carbonyl (C=O) groups is 3. The molecule has 0 radical (unpaired) electrons. The molecule has 1 N–H and O–H groups in total. The molecule has 2 fully saturated rings. The summed E-state index contributed by atoms with van der Waals surface area (Å²) in [7, 11) is 0. The average Bonchev–Trinajstić information content (AvgIpc) is 2.82. The quantitative estimate of drug-likeness (QED) is 0.474. The van der Waals surface area contributed by atoms with Crippen molar-refractivity contribution in [3.8, 4) is 0 Å². The fourth-order valence-corrected chi connectivity index (χ4v) is 4.99. The van der Waals surface area contributed by atoms with Crippen LogP contribution in [-0.4, -0.2) is 51.0 Å². The van der Waals surface area contributed by atoms with E-state index in [1.54, 1.807) is 0 Å². The monoisotopic (exact) mass is 382 g/mol. The van der Waals surface area contributed by atoms with Gasteiger partial charge in [0.15, 0.2) is 6.07 Å². The Morgan fingerprint density at radius 1 is 1.32 bits per heavy atom. The predicted octanol–water partition coefficient (Wildman–Crippen LogP) is 1.52. The van der Waals surface area contributed by atoms with Crippen LogP contribution >= 0.6 is 23.4 Å². The molecule has 6 nitrogen and oxygen atoms in total. The van der Waals surface area contributed by atoms with E-state index in [0.29, 0.717) is 0 Å². The lowest BCUT2D eigenvalue weighted by atomic mass is 9.96. The predicted molar refractivity (Wildman–Crippen MR) is 95.0 cm³/mol. The zero-order valence-corrected chi connectivity index (χ0v) is 15.5. The van der Waals surface area contributed by atoms with Crippen molar-refractivity contribution in [1.82, 2.24) is 10.2 Å². The molecule has 2 saturated heterocycles. The number of nitrogens with one attached hydrogen (secondary N) is 1. The minimum absolute atomic E-state index is 0.211. The molecule has 8 heteroatoms. The number of hydrogen-bond acceptors (Lipinski definition) is 5. The number of nitrogens with zero attached hydrogens (tertiary/aromatic N) is 1. The molecule has 0 spiro atoms. The van der Waals surface area contributed by atoms with Gasteiger partial charge in [-0.05, 0) is 19.4 Å². The van der Waals surface area contributed by atoms with E-state index in [9.17, 15) is 14.4 Å². The molecule has 2 heterocycles. The first-order valence-corrected chi connectivity index (χ1v) is 9.32. The summed E-state index contributed by atoms with van der Waals surface area (Å²) in [6.45, 7) is 3.76. The van der Waals surface area contributed by atoms with E-state index in [-0.39, 0.29) is 29.7 Å². The number of rotatable bonds is 5. The molecule has 2 amide bonds. The number of alkyl halides is 1. The third-order valence-corrected chi connectivity index (χ3v) is 6.07. The van der Waals surface area contributed by atoms with Gasteiger partial charge in [-0.3, -0.25) is 9.59 Å². The molecule has 1 unspecified atom stereocenters. The number of esters is 1. The molecule has 0 saturated carbocycles. The van der Waals surface area contributed by atoms with Gasteiger partial charge in [-0.1, -0.05) is 41.9 Å². The molecule has 134 valence electrons. The van der Waals surface area contributed by atoms with Crippen molar-refractivity contribution in [2.45, 2.75) is 42.5 Å². The van der Waals surface area contributed by atoms with Crippen LogP contribution < -0.4 is 5.32 Å². The lowest BCUT2D eigenvalue weighted by Gasteiger charge is -2.43. The highest BCUT2D eigenvalue weighted by Crippen LogP contribution is 2.51. The Labute approximate surface area is 155 Å². The standard InChI is InChI=1S/C17H19ClN2O4S/c1-17(2)13(16(23)24-9-18)20-14(22)12(15(20)25-17)19-11(21)8-10-6-4-3-5-7-10/h3-7,12-13,15H,8-9H2,1-2H3,(H,19,21)/t12?,13-,15+/m0/s1. The molecule has 2 aliphatic rings. The molecule has 1 aromatic rings. The van der Waals surface area contributed by atoms with Crippen molar-refractivity contribution in [3.05, 3.63) is 35.9 Å². The summed E-state index contributed by atoms with van der Waals surface area (Å²) in [6, 6.07) is 7.76. The fraction of sp³-hybridized carbons (Fsp3) is 0.471. The maximum absolute atomic E-state index is 12.5. The van der Waals surface area contributed by atoms with Gasteiger partial charge in [0.2, 0.25) is 11.8 Å². The normalized spacial score (nSPS) is 26.6. The van der Waals surface area contributed by atoms with E-state index in [4.69, 9.17) is 16.3 Å². The number of ether oxygens (including phenoxy) is 1. The first-order chi connectivity index (χ1) is 11.8. The van der Waals surface area contributed by atoms with Gasteiger partial charge < -0.3 is 15.0 Å². The third kappa shape index (κ3) is 3.35. The second kappa shape index (κ2) is 6.88. The van der Waals surface area contributed by atoms with Gasteiger partial charge in [0.25, 0.3) is 0 Å². The molecule has 0 aromatic heterocycles. The number of benzene rings is 1. The number of thioether (sulfide) groups is 1. The highest BCUT2D eigenvalue weighted by Gasteiger charge is 2.64. The molecular formula is C17H19ClN2O4S. The molecule has 3 atom stereocenters. The van der Waals surface area contributed by atoms with Crippen LogP contribution in [0.1, 0.15) is 19.4 Å². The van der Waals surface area contributed by atoms with Crippen LogP contribution in [0, 0.1) is 0 Å². The Bertz CT molecular complexity index is 697. The van der Waals surface area contributed by atoms with Crippen molar-refractivity contribution in [3.63, 3.8) is 0 Å². The Morgan fingerprint density at radius 2 is 2.00 bits per heavy atom. The topological polar surface area (TPSA) is 75.7 Å². The largest absolute Gasteiger partial charge is 0.448 e. The summed E-state index contributed by atoms with van der Waals surface area (Å²) < 4.78 is 4.38. The Kier molecular flexibility index (Phi) is 4.97. The molecule has 0 aliphatic carbocycles. The minimum Gasteiger partial charge on any atom is -0.448 e. The summed E-state index contributed by atoms with van der Waals surface area (Å²) in [5, 5.41) is 2.52. The van der Waals surface area contributed by atoms with Crippen LogP contribution in [0.15, 0.2) is 30.3 Å². The molecule has 3 rings (SSSR count). The maximum atomic E-state index is 12.5. The third-order valence-electron chi connectivity index (χ3n) is 4.39. The number of carbonyl (C=O) groups excluding carboxylic acids is 3. The Balaban J connectivity index is 1.66. The summed E-state index contributed by atoms with van der Waals surface area (Å²) in [4.78, 5) is 38.4. The van der Waals surface area contributed by atoms with Gasteiger partial charge in [-0.2, -0.15) is 0 Å². The van der Waals surface area contributed by atoms with Crippen molar-refractivity contribution in [1.29, 1.82) is 0 Å². The number of hydrogen-bond donors (Lipinski definition) is 1.